The standard InChI is InChI=1S/C28H25N3O5/c32-25(15-17-30-27(34)20-10-4-5-11-21(20)28(30)35)31-18-24(36-23-13-7-6-12-22(23)31)26(33)29-16-14-19-8-2-1-3-9-19/h1-13,24H,14-18H2,(H,29,33). The van der Waals surface area contributed by atoms with Crippen LogP contribution in [0.5, 0.6) is 5.75 Å². The maximum atomic E-state index is 13.3. The Morgan fingerprint density at radius 3 is 2.22 bits per heavy atom. The van der Waals surface area contributed by atoms with Crippen LogP contribution in [0.3, 0.4) is 0 Å². The number of nitrogens with one attached hydrogen (secondary N) is 1. The second kappa shape index (κ2) is 10.0. The first-order valence-electron chi connectivity index (χ1n) is 11.9. The Morgan fingerprint density at radius 2 is 1.50 bits per heavy atom. The van der Waals surface area contributed by atoms with Gasteiger partial charge in [0.2, 0.25) is 5.91 Å². The van der Waals surface area contributed by atoms with E-state index in [4.69, 9.17) is 4.74 Å². The van der Waals surface area contributed by atoms with Gasteiger partial charge in [-0.1, -0.05) is 54.6 Å². The van der Waals surface area contributed by atoms with Gasteiger partial charge < -0.3 is 15.0 Å². The van der Waals surface area contributed by atoms with E-state index in [-0.39, 0.29) is 31.3 Å². The molecule has 5 rings (SSSR count). The average molecular weight is 484 g/mol. The second-order valence-electron chi connectivity index (χ2n) is 8.66. The molecule has 0 radical (unpaired) electrons. The van der Waals surface area contributed by atoms with Crippen molar-refractivity contribution < 1.29 is 23.9 Å². The number of amides is 4. The first-order chi connectivity index (χ1) is 17.5. The lowest BCUT2D eigenvalue weighted by Gasteiger charge is -2.34. The van der Waals surface area contributed by atoms with E-state index in [1.54, 1.807) is 48.5 Å². The first kappa shape index (κ1) is 23.3. The van der Waals surface area contributed by atoms with Crippen LogP contribution in [0.15, 0.2) is 78.9 Å². The molecule has 2 aliphatic heterocycles. The number of rotatable bonds is 7. The number of benzene rings is 3. The Morgan fingerprint density at radius 1 is 0.861 bits per heavy atom. The molecule has 1 atom stereocenters. The number of nitrogens with zero attached hydrogens (tertiary/aromatic N) is 2. The van der Waals surface area contributed by atoms with Crippen molar-refractivity contribution in [1.82, 2.24) is 10.2 Å². The van der Waals surface area contributed by atoms with E-state index < -0.39 is 17.9 Å². The predicted molar refractivity (Wildman–Crippen MR) is 133 cm³/mol. The quantitative estimate of drug-likeness (QED) is 0.522. The van der Waals surface area contributed by atoms with Crippen molar-refractivity contribution in [2.75, 3.05) is 24.5 Å². The van der Waals surface area contributed by atoms with Gasteiger partial charge in [0.25, 0.3) is 17.7 Å². The molecule has 2 aliphatic rings. The zero-order valence-corrected chi connectivity index (χ0v) is 19.6. The van der Waals surface area contributed by atoms with Gasteiger partial charge in [0.1, 0.15) is 5.75 Å². The summed E-state index contributed by atoms with van der Waals surface area (Å²) in [7, 11) is 0. The molecule has 3 aromatic carbocycles. The van der Waals surface area contributed by atoms with Crippen LogP contribution < -0.4 is 15.0 Å². The van der Waals surface area contributed by atoms with E-state index in [0.717, 1.165) is 10.5 Å². The number of hydrogen-bond acceptors (Lipinski definition) is 5. The lowest BCUT2D eigenvalue weighted by Crippen LogP contribution is -2.51. The van der Waals surface area contributed by atoms with Crippen molar-refractivity contribution in [2.24, 2.45) is 0 Å². The molecule has 2 heterocycles. The van der Waals surface area contributed by atoms with E-state index in [2.05, 4.69) is 5.32 Å². The first-order valence-corrected chi connectivity index (χ1v) is 11.9. The van der Waals surface area contributed by atoms with Crippen LogP contribution >= 0.6 is 0 Å². The Labute approximate surface area is 208 Å². The van der Waals surface area contributed by atoms with E-state index in [0.29, 0.717) is 35.5 Å². The van der Waals surface area contributed by atoms with E-state index in [1.807, 2.05) is 30.3 Å². The molecule has 0 fully saturated rings. The van der Waals surface area contributed by atoms with E-state index >= 15 is 0 Å². The summed E-state index contributed by atoms with van der Waals surface area (Å²) in [5.41, 5.74) is 2.36. The molecule has 0 saturated carbocycles. The normalized spacial score (nSPS) is 16.3. The second-order valence-corrected chi connectivity index (χ2v) is 8.66. The fraction of sp³-hybridized carbons (Fsp3) is 0.214. The lowest BCUT2D eigenvalue weighted by molar-refractivity contribution is -0.128. The van der Waals surface area contributed by atoms with Crippen molar-refractivity contribution in [3.63, 3.8) is 0 Å². The van der Waals surface area contributed by atoms with Gasteiger partial charge in [0.15, 0.2) is 6.10 Å². The largest absolute Gasteiger partial charge is 0.477 e. The maximum Gasteiger partial charge on any atom is 0.262 e. The summed E-state index contributed by atoms with van der Waals surface area (Å²) < 4.78 is 5.91. The predicted octanol–water partition coefficient (Wildman–Crippen LogP) is 2.83. The van der Waals surface area contributed by atoms with Crippen LogP contribution in [-0.2, 0) is 16.0 Å². The highest BCUT2D eigenvalue weighted by Gasteiger charge is 2.37. The van der Waals surface area contributed by atoms with Crippen molar-refractivity contribution >= 4 is 29.3 Å². The van der Waals surface area contributed by atoms with E-state index in [9.17, 15) is 19.2 Å². The van der Waals surface area contributed by atoms with Gasteiger partial charge in [-0.25, -0.2) is 0 Å². The molecule has 182 valence electrons. The van der Waals surface area contributed by atoms with Crippen molar-refractivity contribution in [1.29, 1.82) is 0 Å². The van der Waals surface area contributed by atoms with Gasteiger partial charge in [0, 0.05) is 19.5 Å². The highest BCUT2D eigenvalue weighted by molar-refractivity contribution is 6.21. The van der Waals surface area contributed by atoms with Crippen LogP contribution in [0.25, 0.3) is 0 Å². The summed E-state index contributed by atoms with van der Waals surface area (Å²) in [5.74, 6) is -0.980. The third-order valence-corrected chi connectivity index (χ3v) is 6.35. The molecule has 8 nitrogen and oxygen atoms in total. The number of anilines is 1. The fourth-order valence-electron chi connectivity index (χ4n) is 4.48. The Balaban J connectivity index is 1.24. The molecule has 4 amide bonds. The number of imide groups is 1. The highest BCUT2D eigenvalue weighted by Crippen LogP contribution is 2.34. The molecule has 1 N–H and O–H groups in total. The van der Waals surface area contributed by atoms with Crippen LogP contribution in [0, 0.1) is 0 Å². The van der Waals surface area contributed by atoms with Crippen molar-refractivity contribution in [3.05, 3.63) is 95.6 Å². The minimum Gasteiger partial charge on any atom is -0.477 e. The maximum absolute atomic E-state index is 13.3. The van der Waals surface area contributed by atoms with Crippen LogP contribution in [0.1, 0.15) is 32.7 Å². The van der Waals surface area contributed by atoms with Crippen molar-refractivity contribution in [3.8, 4) is 5.75 Å². The number of ether oxygens (including phenoxy) is 1. The topological polar surface area (TPSA) is 96.0 Å². The Kier molecular flexibility index (Phi) is 6.49. The monoisotopic (exact) mass is 483 g/mol. The van der Waals surface area contributed by atoms with Gasteiger partial charge in [-0.2, -0.15) is 0 Å². The average Bonchev–Trinajstić information content (AvgIpc) is 3.16. The molecule has 0 aromatic heterocycles. The number of carbonyl (C=O) groups excluding carboxylic acids is 4. The zero-order valence-electron chi connectivity index (χ0n) is 19.6. The van der Waals surface area contributed by atoms with Crippen LogP contribution in [0.2, 0.25) is 0 Å². The number of fused-ring (bicyclic) bond motifs is 2. The molecule has 1 unspecified atom stereocenters. The SMILES string of the molecule is O=C(NCCc1ccccc1)C1CN(C(=O)CCN2C(=O)c3ccccc3C2=O)c2ccccc2O1. The van der Waals surface area contributed by atoms with Gasteiger partial charge in [-0.15, -0.1) is 0 Å². The number of para-hydroxylation sites is 2. The Hall–Kier alpha value is -4.46. The third kappa shape index (κ3) is 4.57. The molecule has 36 heavy (non-hydrogen) atoms. The molecule has 0 spiro atoms. The lowest BCUT2D eigenvalue weighted by atomic mass is 10.1. The van der Waals surface area contributed by atoms with Crippen molar-refractivity contribution in [2.45, 2.75) is 18.9 Å². The van der Waals surface area contributed by atoms with Gasteiger partial charge in [-0.05, 0) is 36.2 Å². The Bertz CT molecular complexity index is 1290. The summed E-state index contributed by atoms with van der Waals surface area (Å²) in [4.78, 5) is 54.0. The third-order valence-electron chi connectivity index (χ3n) is 6.35. The number of hydrogen-bond donors (Lipinski definition) is 1. The molecule has 0 aliphatic carbocycles. The molecule has 0 saturated heterocycles. The fourth-order valence-corrected chi connectivity index (χ4v) is 4.48. The van der Waals surface area contributed by atoms with Gasteiger partial charge >= 0.3 is 0 Å². The molecular formula is C28H25N3O5. The summed E-state index contributed by atoms with van der Waals surface area (Å²) in [6.07, 6.45) is -0.264. The zero-order chi connectivity index (χ0) is 25.1. The summed E-state index contributed by atoms with van der Waals surface area (Å²) in [5, 5.41) is 2.89. The summed E-state index contributed by atoms with van der Waals surface area (Å²) in [6, 6.07) is 23.5. The minimum atomic E-state index is -0.876. The molecular weight excluding hydrogens is 458 g/mol. The molecule has 8 heteroatoms. The number of carbonyl (C=O) groups is 4. The van der Waals surface area contributed by atoms with Gasteiger partial charge in [0.05, 0.1) is 23.4 Å². The smallest absolute Gasteiger partial charge is 0.262 e. The van der Waals surface area contributed by atoms with Gasteiger partial charge in [-0.3, -0.25) is 24.1 Å². The summed E-state index contributed by atoms with van der Waals surface area (Å²) >= 11 is 0. The van der Waals surface area contributed by atoms with Crippen LogP contribution in [-0.4, -0.2) is 54.3 Å². The van der Waals surface area contributed by atoms with E-state index in [1.165, 1.54) is 4.90 Å². The molecule has 3 aromatic rings. The molecule has 0 bridgehead atoms. The highest BCUT2D eigenvalue weighted by atomic mass is 16.5. The minimum absolute atomic E-state index is 0.0368. The van der Waals surface area contributed by atoms with Crippen LogP contribution in [0.4, 0.5) is 5.69 Å². The summed E-state index contributed by atoms with van der Waals surface area (Å²) in [6.45, 7) is 0.436.